The van der Waals surface area contributed by atoms with Gasteiger partial charge in [0.25, 0.3) is 0 Å². The van der Waals surface area contributed by atoms with Gasteiger partial charge in [0.1, 0.15) is 0 Å². The molecule has 0 amide bonds. The minimum Gasteiger partial charge on any atom is -0.396 e. The van der Waals surface area contributed by atoms with Gasteiger partial charge in [-0.1, -0.05) is 0 Å². The van der Waals surface area contributed by atoms with Crippen molar-refractivity contribution in [2.75, 3.05) is 32.9 Å². The lowest BCUT2D eigenvalue weighted by molar-refractivity contribution is -0.181. The van der Waals surface area contributed by atoms with Crippen LogP contribution < -0.4 is 5.32 Å². The zero-order chi connectivity index (χ0) is 10.8. The molecule has 0 aliphatic carbocycles. The molecule has 2 atom stereocenters. The molecule has 2 heterocycles. The van der Waals surface area contributed by atoms with Gasteiger partial charge in [-0.3, -0.25) is 0 Å². The molecule has 3 N–H and O–H groups in total. The second-order valence-corrected chi connectivity index (χ2v) is 4.91. The molecule has 0 bridgehead atoms. The number of aliphatic hydroxyl groups is 2. The van der Waals surface area contributed by atoms with Crippen molar-refractivity contribution in [2.45, 2.75) is 31.3 Å². The maximum absolute atomic E-state index is 10.6. The molecular formula is C11H21NO3. The van der Waals surface area contributed by atoms with Crippen LogP contribution >= 0.6 is 0 Å². The van der Waals surface area contributed by atoms with E-state index in [1.807, 2.05) is 0 Å². The number of aliphatic hydroxyl groups excluding tert-OH is 1. The van der Waals surface area contributed by atoms with Gasteiger partial charge in [-0.05, 0) is 32.2 Å². The number of hydrogen-bond acceptors (Lipinski definition) is 4. The molecular weight excluding hydrogens is 194 g/mol. The Morgan fingerprint density at radius 2 is 2.13 bits per heavy atom. The van der Waals surface area contributed by atoms with E-state index in [0.29, 0.717) is 13.2 Å². The van der Waals surface area contributed by atoms with E-state index in [2.05, 4.69) is 5.32 Å². The quantitative estimate of drug-likeness (QED) is 0.601. The highest BCUT2D eigenvalue weighted by atomic mass is 16.5. The standard InChI is InChI=1S/C11H21NO3/c13-8-10(3-1-5-12-7-10)11(14)4-2-6-15-9-11/h12-14H,1-9H2. The maximum atomic E-state index is 10.6. The number of piperidine rings is 1. The van der Waals surface area contributed by atoms with Crippen molar-refractivity contribution in [1.82, 2.24) is 5.32 Å². The molecule has 4 heteroatoms. The summed E-state index contributed by atoms with van der Waals surface area (Å²) < 4.78 is 5.38. The second kappa shape index (κ2) is 4.37. The highest BCUT2D eigenvalue weighted by Crippen LogP contribution is 2.42. The Balaban J connectivity index is 2.15. The first kappa shape index (κ1) is 11.3. The molecule has 0 aromatic rings. The minimum absolute atomic E-state index is 0.0415. The average Bonchev–Trinajstić information content (AvgIpc) is 2.31. The molecule has 2 rings (SSSR count). The first-order chi connectivity index (χ1) is 7.22. The van der Waals surface area contributed by atoms with Crippen LogP contribution in [0.25, 0.3) is 0 Å². The Labute approximate surface area is 90.6 Å². The van der Waals surface area contributed by atoms with Crippen molar-refractivity contribution >= 4 is 0 Å². The van der Waals surface area contributed by atoms with Gasteiger partial charge >= 0.3 is 0 Å². The number of rotatable bonds is 2. The van der Waals surface area contributed by atoms with Crippen LogP contribution in [0.3, 0.4) is 0 Å². The zero-order valence-corrected chi connectivity index (χ0v) is 9.17. The van der Waals surface area contributed by atoms with Crippen molar-refractivity contribution in [3.8, 4) is 0 Å². The van der Waals surface area contributed by atoms with Gasteiger partial charge in [-0.15, -0.1) is 0 Å². The van der Waals surface area contributed by atoms with Gasteiger partial charge in [0, 0.05) is 18.6 Å². The monoisotopic (exact) mass is 215 g/mol. The molecule has 0 aromatic heterocycles. The largest absolute Gasteiger partial charge is 0.396 e. The fourth-order valence-corrected chi connectivity index (χ4v) is 2.85. The summed E-state index contributed by atoms with van der Waals surface area (Å²) in [5, 5.41) is 23.5. The van der Waals surface area contributed by atoms with Gasteiger partial charge in [0.05, 0.1) is 18.8 Å². The highest BCUT2D eigenvalue weighted by molar-refractivity contribution is 5.02. The molecule has 4 nitrogen and oxygen atoms in total. The van der Waals surface area contributed by atoms with Crippen molar-refractivity contribution in [2.24, 2.45) is 5.41 Å². The van der Waals surface area contributed by atoms with Crippen LogP contribution in [0, 0.1) is 5.41 Å². The second-order valence-electron chi connectivity index (χ2n) is 4.91. The lowest BCUT2D eigenvalue weighted by Gasteiger charge is -2.50. The smallest absolute Gasteiger partial charge is 0.0970 e. The molecule has 0 radical (unpaired) electrons. The van der Waals surface area contributed by atoms with Gasteiger partial charge in [-0.2, -0.15) is 0 Å². The van der Waals surface area contributed by atoms with Crippen molar-refractivity contribution < 1.29 is 14.9 Å². The summed E-state index contributed by atoms with van der Waals surface area (Å²) in [5.74, 6) is 0. The Hall–Kier alpha value is -0.160. The van der Waals surface area contributed by atoms with E-state index in [1.54, 1.807) is 0 Å². The Bertz CT molecular complexity index is 208. The van der Waals surface area contributed by atoms with Crippen LogP contribution in [0.15, 0.2) is 0 Å². The average molecular weight is 215 g/mol. The van der Waals surface area contributed by atoms with E-state index >= 15 is 0 Å². The van der Waals surface area contributed by atoms with Crippen molar-refractivity contribution in [1.29, 1.82) is 0 Å². The van der Waals surface area contributed by atoms with Gasteiger partial charge in [-0.25, -0.2) is 0 Å². The van der Waals surface area contributed by atoms with Crippen LogP contribution in [-0.4, -0.2) is 48.7 Å². The van der Waals surface area contributed by atoms with E-state index < -0.39 is 11.0 Å². The molecule has 0 saturated carbocycles. The summed E-state index contributed by atoms with van der Waals surface area (Å²) in [7, 11) is 0. The first-order valence-corrected chi connectivity index (χ1v) is 5.84. The third-order valence-electron chi connectivity index (χ3n) is 3.98. The Morgan fingerprint density at radius 1 is 1.27 bits per heavy atom. The van der Waals surface area contributed by atoms with Gasteiger partial charge < -0.3 is 20.3 Å². The van der Waals surface area contributed by atoms with Crippen LogP contribution in [0.5, 0.6) is 0 Å². The summed E-state index contributed by atoms with van der Waals surface area (Å²) in [6.45, 7) is 2.83. The zero-order valence-electron chi connectivity index (χ0n) is 9.17. The minimum atomic E-state index is -0.840. The summed E-state index contributed by atoms with van der Waals surface area (Å²) in [6.07, 6.45) is 3.53. The molecule has 15 heavy (non-hydrogen) atoms. The fourth-order valence-electron chi connectivity index (χ4n) is 2.85. The third kappa shape index (κ3) is 1.91. The summed E-state index contributed by atoms with van der Waals surface area (Å²) in [5.41, 5.74) is -1.24. The maximum Gasteiger partial charge on any atom is 0.0970 e. The summed E-state index contributed by atoms with van der Waals surface area (Å²) in [4.78, 5) is 0. The molecule has 0 spiro atoms. The molecule has 0 aromatic carbocycles. The van der Waals surface area contributed by atoms with Crippen LogP contribution in [0.2, 0.25) is 0 Å². The van der Waals surface area contributed by atoms with Crippen LogP contribution in [-0.2, 0) is 4.74 Å². The molecule has 2 aliphatic heterocycles. The van der Waals surface area contributed by atoms with Crippen LogP contribution in [0.1, 0.15) is 25.7 Å². The van der Waals surface area contributed by atoms with E-state index in [0.717, 1.165) is 38.8 Å². The van der Waals surface area contributed by atoms with Crippen LogP contribution in [0.4, 0.5) is 0 Å². The molecule has 2 saturated heterocycles. The van der Waals surface area contributed by atoms with E-state index in [1.165, 1.54) is 0 Å². The molecule has 88 valence electrons. The van der Waals surface area contributed by atoms with Crippen molar-refractivity contribution in [3.63, 3.8) is 0 Å². The lowest BCUT2D eigenvalue weighted by Crippen LogP contribution is -2.61. The topological polar surface area (TPSA) is 61.7 Å². The highest BCUT2D eigenvalue weighted by Gasteiger charge is 2.51. The fraction of sp³-hybridized carbons (Fsp3) is 1.00. The first-order valence-electron chi connectivity index (χ1n) is 5.84. The number of ether oxygens (including phenoxy) is 1. The third-order valence-corrected chi connectivity index (χ3v) is 3.98. The van der Waals surface area contributed by atoms with Gasteiger partial charge in [0.15, 0.2) is 0 Å². The summed E-state index contributed by atoms with van der Waals surface area (Å²) >= 11 is 0. The predicted octanol–water partition coefficient (Wildman–Crippen LogP) is -0.110. The van der Waals surface area contributed by atoms with E-state index in [4.69, 9.17) is 4.74 Å². The molecule has 2 fully saturated rings. The lowest BCUT2D eigenvalue weighted by atomic mass is 9.65. The van der Waals surface area contributed by atoms with E-state index in [9.17, 15) is 10.2 Å². The number of hydrogen-bond donors (Lipinski definition) is 3. The molecule has 2 unspecified atom stereocenters. The Kier molecular flexibility index (Phi) is 3.30. The Morgan fingerprint density at radius 3 is 2.67 bits per heavy atom. The summed E-state index contributed by atoms with van der Waals surface area (Å²) in [6, 6.07) is 0. The number of nitrogens with one attached hydrogen (secondary N) is 1. The van der Waals surface area contributed by atoms with Crippen molar-refractivity contribution in [3.05, 3.63) is 0 Å². The molecule has 2 aliphatic rings. The van der Waals surface area contributed by atoms with Gasteiger partial charge in [0.2, 0.25) is 0 Å². The SMILES string of the molecule is OCC1(C2(O)CCCOC2)CCCNC1. The van der Waals surface area contributed by atoms with E-state index in [-0.39, 0.29) is 6.61 Å². The normalized spacial score (nSPS) is 42.8. The predicted molar refractivity (Wildman–Crippen MR) is 56.6 cm³/mol.